The topological polar surface area (TPSA) is 65.1 Å². The number of rotatable bonds is 2. The first-order valence-electron chi connectivity index (χ1n) is 8.57. The van der Waals surface area contributed by atoms with Gasteiger partial charge in [-0.05, 0) is 48.2 Å². The number of nitrogens with zero attached hydrogens (tertiary/aromatic N) is 1. The normalized spacial score (nSPS) is 16.4. The molecule has 2 aliphatic rings. The average Bonchev–Trinajstić information content (AvgIpc) is 3.24. The Kier molecular flexibility index (Phi) is 2.77. The summed E-state index contributed by atoms with van der Waals surface area (Å²) in [7, 11) is 0. The molecule has 0 saturated carbocycles. The smallest absolute Gasteiger partial charge is 0.163 e. The van der Waals surface area contributed by atoms with Crippen molar-refractivity contribution in [3.63, 3.8) is 0 Å². The van der Waals surface area contributed by atoms with Gasteiger partial charge >= 0.3 is 0 Å². The third kappa shape index (κ3) is 1.61. The minimum Gasteiger partial charge on any atom is -0.339 e. The SMILES string of the molecule is NCCn1c2ccc3c(c2c2c4c(ccc21)C(=O)CC4)CCC3=O. The van der Waals surface area contributed by atoms with E-state index in [1.807, 2.05) is 12.1 Å². The van der Waals surface area contributed by atoms with Crippen LogP contribution in [-0.4, -0.2) is 22.7 Å². The standard InChI is InChI=1S/C20H18N2O2/c21-9-10-22-15-5-1-11-13(3-7-17(11)23)19(15)20-14-4-8-18(24)12(14)2-6-16(20)22/h1-2,5-6H,3-4,7-10,21H2. The molecule has 0 radical (unpaired) electrons. The second-order valence-electron chi connectivity index (χ2n) is 6.76. The molecule has 0 spiro atoms. The van der Waals surface area contributed by atoms with Gasteiger partial charge in [0.05, 0.1) is 0 Å². The molecular weight excluding hydrogens is 300 g/mol. The van der Waals surface area contributed by atoms with Gasteiger partial charge in [0.25, 0.3) is 0 Å². The monoisotopic (exact) mass is 318 g/mol. The Balaban J connectivity index is 2.00. The van der Waals surface area contributed by atoms with Gasteiger partial charge in [-0.15, -0.1) is 0 Å². The van der Waals surface area contributed by atoms with Crippen LogP contribution >= 0.6 is 0 Å². The van der Waals surface area contributed by atoms with Gasteiger partial charge in [-0.1, -0.05) is 0 Å². The molecule has 2 N–H and O–H groups in total. The molecule has 2 aromatic carbocycles. The molecule has 0 bridgehead atoms. The van der Waals surface area contributed by atoms with Crippen LogP contribution in [0.15, 0.2) is 24.3 Å². The maximum absolute atomic E-state index is 12.2. The van der Waals surface area contributed by atoms with Gasteiger partial charge in [-0.25, -0.2) is 0 Å². The minimum absolute atomic E-state index is 0.232. The summed E-state index contributed by atoms with van der Waals surface area (Å²) in [5.41, 5.74) is 12.1. The Bertz CT molecular complexity index is 978. The maximum Gasteiger partial charge on any atom is 0.163 e. The quantitative estimate of drug-likeness (QED) is 0.790. The van der Waals surface area contributed by atoms with Crippen LogP contribution in [0.1, 0.15) is 44.7 Å². The molecular formula is C20H18N2O2. The summed E-state index contributed by atoms with van der Waals surface area (Å²) >= 11 is 0. The molecule has 24 heavy (non-hydrogen) atoms. The zero-order valence-electron chi connectivity index (χ0n) is 13.4. The van der Waals surface area contributed by atoms with Crippen molar-refractivity contribution in [2.75, 3.05) is 6.54 Å². The summed E-state index contributed by atoms with van der Waals surface area (Å²) in [6, 6.07) is 8.03. The van der Waals surface area contributed by atoms with E-state index in [4.69, 9.17) is 5.73 Å². The van der Waals surface area contributed by atoms with Crippen LogP contribution in [0.5, 0.6) is 0 Å². The summed E-state index contributed by atoms with van der Waals surface area (Å²) in [6.07, 6.45) is 2.77. The first kappa shape index (κ1) is 13.9. The predicted molar refractivity (Wildman–Crippen MR) is 93.8 cm³/mol. The van der Waals surface area contributed by atoms with Crippen LogP contribution in [0, 0.1) is 0 Å². The molecule has 2 aliphatic carbocycles. The second-order valence-corrected chi connectivity index (χ2v) is 6.76. The summed E-state index contributed by atoms with van der Waals surface area (Å²) in [5, 5.41) is 2.35. The highest BCUT2D eigenvalue weighted by Gasteiger charge is 2.29. The number of fused-ring (bicyclic) bond motifs is 7. The molecule has 0 fully saturated rings. The van der Waals surface area contributed by atoms with E-state index in [-0.39, 0.29) is 11.6 Å². The van der Waals surface area contributed by atoms with Gasteiger partial charge < -0.3 is 10.3 Å². The van der Waals surface area contributed by atoms with Crippen LogP contribution in [-0.2, 0) is 19.4 Å². The van der Waals surface area contributed by atoms with Crippen molar-refractivity contribution < 1.29 is 9.59 Å². The van der Waals surface area contributed by atoms with Crippen molar-refractivity contribution in [3.05, 3.63) is 46.5 Å². The summed E-state index contributed by atoms with van der Waals surface area (Å²) in [6.45, 7) is 1.30. The van der Waals surface area contributed by atoms with E-state index in [1.54, 1.807) is 0 Å². The largest absolute Gasteiger partial charge is 0.339 e. The van der Waals surface area contributed by atoms with E-state index in [1.165, 1.54) is 10.8 Å². The Morgan fingerprint density at radius 3 is 1.75 bits per heavy atom. The van der Waals surface area contributed by atoms with Crippen molar-refractivity contribution in [1.82, 2.24) is 4.57 Å². The highest BCUT2D eigenvalue weighted by Crippen LogP contribution is 2.41. The van der Waals surface area contributed by atoms with Crippen molar-refractivity contribution in [3.8, 4) is 0 Å². The third-order valence-electron chi connectivity index (χ3n) is 5.57. The Labute approximate surface area is 139 Å². The minimum atomic E-state index is 0.232. The number of hydrogen-bond donors (Lipinski definition) is 1. The number of benzene rings is 2. The summed E-state index contributed by atoms with van der Waals surface area (Å²) < 4.78 is 2.25. The van der Waals surface area contributed by atoms with Gasteiger partial charge in [0.15, 0.2) is 11.6 Å². The first-order chi connectivity index (χ1) is 11.7. The van der Waals surface area contributed by atoms with E-state index in [0.29, 0.717) is 19.4 Å². The fraction of sp³-hybridized carbons (Fsp3) is 0.300. The molecule has 4 nitrogen and oxygen atoms in total. The molecule has 3 aromatic rings. The Morgan fingerprint density at radius 2 is 1.29 bits per heavy atom. The molecule has 1 aromatic heterocycles. The van der Waals surface area contributed by atoms with E-state index >= 15 is 0 Å². The molecule has 0 unspecified atom stereocenters. The van der Waals surface area contributed by atoms with Crippen LogP contribution < -0.4 is 5.73 Å². The number of nitrogens with two attached hydrogens (primary N) is 1. The lowest BCUT2D eigenvalue weighted by atomic mass is 9.98. The van der Waals surface area contributed by atoms with Gasteiger partial charge in [0.2, 0.25) is 0 Å². The zero-order valence-corrected chi connectivity index (χ0v) is 13.4. The highest BCUT2D eigenvalue weighted by molar-refractivity contribution is 6.18. The maximum atomic E-state index is 12.2. The molecule has 0 amide bonds. The molecule has 1 heterocycles. The highest BCUT2D eigenvalue weighted by atomic mass is 16.1. The fourth-order valence-electron chi connectivity index (χ4n) is 4.57. The van der Waals surface area contributed by atoms with E-state index in [9.17, 15) is 9.59 Å². The van der Waals surface area contributed by atoms with Gasteiger partial charge in [0, 0.05) is 58.9 Å². The van der Waals surface area contributed by atoms with E-state index in [2.05, 4.69) is 16.7 Å². The van der Waals surface area contributed by atoms with E-state index in [0.717, 1.165) is 52.7 Å². The molecule has 120 valence electrons. The first-order valence-corrected chi connectivity index (χ1v) is 8.57. The summed E-state index contributed by atoms with van der Waals surface area (Å²) in [5.74, 6) is 0.463. The molecule has 0 aliphatic heterocycles. The lowest BCUT2D eigenvalue weighted by molar-refractivity contribution is 0.0986. The second kappa shape index (κ2) is 4.77. The third-order valence-corrected chi connectivity index (χ3v) is 5.57. The number of ketones is 2. The van der Waals surface area contributed by atoms with Crippen LogP contribution in [0.25, 0.3) is 21.8 Å². The molecule has 5 rings (SSSR count). The summed E-state index contributed by atoms with van der Waals surface area (Å²) in [4.78, 5) is 24.4. The Hall–Kier alpha value is -2.46. The van der Waals surface area contributed by atoms with Gasteiger partial charge in [-0.3, -0.25) is 9.59 Å². The number of aryl methyl sites for hydroxylation is 2. The van der Waals surface area contributed by atoms with Crippen molar-refractivity contribution in [2.45, 2.75) is 32.2 Å². The van der Waals surface area contributed by atoms with Crippen LogP contribution in [0.4, 0.5) is 0 Å². The number of aromatic nitrogens is 1. The zero-order chi connectivity index (χ0) is 16.4. The number of carbonyl (C=O) groups excluding carboxylic acids is 2. The number of carbonyl (C=O) groups is 2. The molecule has 0 atom stereocenters. The number of hydrogen-bond acceptors (Lipinski definition) is 3. The van der Waals surface area contributed by atoms with E-state index < -0.39 is 0 Å². The lowest BCUT2D eigenvalue weighted by Crippen LogP contribution is -2.09. The van der Waals surface area contributed by atoms with Crippen LogP contribution in [0.2, 0.25) is 0 Å². The molecule has 0 saturated heterocycles. The molecule has 4 heteroatoms. The fourth-order valence-corrected chi connectivity index (χ4v) is 4.57. The van der Waals surface area contributed by atoms with Crippen LogP contribution in [0.3, 0.4) is 0 Å². The van der Waals surface area contributed by atoms with Gasteiger partial charge in [-0.2, -0.15) is 0 Å². The van der Waals surface area contributed by atoms with Crippen molar-refractivity contribution >= 4 is 33.4 Å². The lowest BCUT2D eigenvalue weighted by Gasteiger charge is -2.06. The van der Waals surface area contributed by atoms with Gasteiger partial charge in [0.1, 0.15) is 0 Å². The van der Waals surface area contributed by atoms with Crippen molar-refractivity contribution in [2.24, 2.45) is 5.73 Å². The van der Waals surface area contributed by atoms with Crippen molar-refractivity contribution in [1.29, 1.82) is 0 Å². The Morgan fingerprint density at radius 1 is 0.792 bits per heavy atom. The predicted octanol–water partition coefficient (Wildman–Crippen LogP) is 3.01. The average molecular weight is 318 g/mol. The number of Topliss-reactive ketones (excluding diaryl/α,β-unsaturated/α-hetero) is 2.